The summed E-state index contributed by atoms with van der Waals surface area (Å²) in [7, 11) is 0. The topological polar surface area (TPSA) is 62.3 Å². The number of ether oxygens (including phenoxy) is 2. The molecule has 0 aliphatic carbocycles. The van der Waals surface area contributed by atoms with Gasteiger partial charge in [-0.15, -0.1) is 0 Å². The van der Waals surface area contributed by atoms with Gasteiger partial charge in [0.1, 0.15) is 17.6 Å². The molecule has 0 N–H and O–H groups in total. The molecule has 1 unspecified atom stereocenters. The third-order valence-corrected chi connectivity index (χ3v) is 5.35. The zero-order chi connectivity index (χ0) is 18.6. The van der Waals surface area contributed by atoms with Gasteiger partial charge in [0.05, 0.1) is 6.54 Å². The molecular formula is C20H22IN3O3. The highest BCUT2D eigenvalue weighted by Crippen LogP contribution is 2.24. The van der Waals surface area contributed by atoms with Gasteiger partial charge in [-0.05, 0) is 60.9 Å². The fraction of sp³-hybridized carbons (Fsp3) is 0.400. The van der Waals surface area contributed by atoms with E-state index >= 15 is 0 Å². The Kier molecular flexibility index (Phi) is 5.89. The summed E-state index contributed by atoms with van der Waals surface area (Å²) >= 11 is 2.29. The first kappa shape index (κ1) is 18.6. The number of hydrogen-bond donors (Lipinski definition) is 0. The van der Waals surface area contributed by atoms with Crippen molar-refractivity contribution in [3.05, 3.63) is 57.9 Å². The second-order valence-corrected chi connectivity index (χ2v) is 7.92. The number of halogens is 1. The van der Waals surface area contributed by atoms with Gasteiger partial charge < -0.3 is 18.6 Å². The standard InChI is InChI=1S/C20H22IN3O3/c1-14(26-19-4-2-3-11-25-19)20-22-9-10-24(20)13-17-12-18(23-27-17)15-5-7-16(21)8-6-15/h5-10,12,14,19H,2-4,11,13H2,1H3/t14-,19?/m0/s1. The van der Waals surface area contributed by atoms with Crippen LogP contribution < -0.4 is 0 Å². The van der Waals surface area contributed by atoms with E-state index in [2.05, 4.69) is 44.9 Å². The number of benzene rings is 1. The van der Waals surface area contributed by atoms with Crippen molar-refractivity contribution in [1.29, 1.82) is 0 Å². The Hall–Kier alpha value is -1.71. The van der Waals surface area contributed by atoms with Crippen LogP contribution in [0.5, 0.6) is 0 Å². The minimum atomic E-state index is -0.151. The molecule has 0 amide bonds. The number of nitrogens with zero attached hydrogens (tertiary/aromatic N) is 3. The fourth-order valence-corrected chi connectivity index (χ4v) is 3.59. The van der Waals surface area contributed by atoms with Crippen LogP contribution in [-0.2, 0) is 16.0 Å². The van der Waals surface area contributed by atoms with Gasteiger partial charge >= 0.3 is 0 Å². The highest BCUT2D eigenvalue weighted by Gasteiger charge is 2.21. The molecule has 2 aromatic heterocycles. The van der Waals surface area contributed by atoms with Crippen LogP contribution in [0.2, 0.25) is 0 Å². The third kappa shape index (κ3) is 4.59. The fourth-order valence-electron chi connectivity index (χ4n) is 3.23. The molecule has 27 heavy (non-hydrogen) atoms. The van der Waals surface area contributed by atoms with Crippen LogP contribution in [0.25, 0.3) is 11.3 Å². The summed E-state index contributed by atoms with van der Waals surface area (Å²) in [5.41, 5.74) is 1.88. The van der Waals surface area contributed by atoms with Gasteiger partial charge in [-0.2, -0.15) is 0 Å². The predicted octanol–water partition coefficient (Wildman–Crippen LogP) is 4.80. The molecule has 0 bridgehead atoms. The summed E-state index contributed by atoms with van der Waals surface area (Å²) in [6.07, 6.45) is 6.62. The summed E-state index contributed by atoms with van der Waals surface area (Å²) in [5, 5.41) is 4.20. The highest BCUT2D eigenvalue weighted by molar-refractivity contribution is 14.1. The van der Waals surface area contributed by atoms with Gasteiger partial charge in [0.2, 0.25) is 0 Å². The Morgan fingerprint density at radius 2 is 2.15 bits per heavy atom. The summed E-state index contributed by atoms with van der Waals surface area (Å²) in [5.74, 6) is 1.64. The second kappa shape index (κ2) is 8.53. The van der Waals surface area contributed by atoms with Crippen molar-refractivity contribution in [2.45, 2.75) is 45.1 Å². The number of hydrogen-bond acceptors (Lipinski definition) is 5. The SMILES string of the molecule is C[C@H](OC1CCCCO1)c1nccn1Cc1cc(-c2ccc(I)cc2)no1. The minimum Gasteiger partial charge on any atom is -0.359 e. The first-order valence-electron chi connectivity index (χ1n) is 9.18. The minimum absolute atomic E-state index is 0.142. The molecule has 1 aromatic carbocycles. The van der Waals surface area contributed by atoms with Gasteiger partial charge in [0.15, 0.2) is 12.1 Å². The van der Waals surface area contributed by atoms with Crippen molar-refractivity contribution < 1.29 is 14.0 Å². The first-order valence-corrected chi connectivity index (χ1v) is 10.3. The molecule has 142 valence electrons. The van der Waals surface area contributed by atoms with Crippen molar-refractivity contribution in [2.75, 3.05) is 6.61 Å². The Balaban J connectivity index is 1.44. The van der Waals surface area contributed by atoms with E-state index < -0.39 is 0 Å². The quantitative estimate of drug-likeness (QED) is 0.476. The monoisotopic (exact) mass is 479 g/mol. The number of aromatic nitrogens is 3. The van der Waals surface area contributed by atoms with Gasteiger partial charge in [0.25, 0.3) is 0 Å². The number of imidazole rings is 1. The Morgan fingerprint density at radius 1 is 1.30 bits per heavy atom. The van der Waals surface area contributed by atoms with Gasteiger partial charge in [-0.25, -0.2) is 4.98 Å². The van der Waals surface area contributed by atoms with Crippen molar-refractivity contribution in [3.63, 3.8) is 0 Å². The van der Waals surface area contributed by atoms with Crippen molar-refractivity contribution in [2.24, 2.45) is 0 Å². The van der Waals surface area contributed by atoms with E-state index in [9.17, 15) is 0 Å². The van der Waals surface area contributed by atoms with Crippen LogP contribution >= 0.6 is 22.6 Å². The Labute approximate surface area is 172 Å². The summed E-state index contributed by atoms with van der Waals surface area (Å²) in [6, 6.07) is 10.2. The predicted molar refractivity (Wildman–Crippen MR) is 109 cm³/mol. The molecule has 3 heterocycles. The maximum atomic E-state index is 6.05. The second-order valence-electron chi connectivity index (χ2n) is 6.67. The van der Waals surface area contributed by atoms with Gasteiger partial charge in [0, 0.05) is 34.2 Å². The average molecular weight is 479 g/mol. The largest absolute Gasteiger partial charge is 0.359 e. The van der Waals surface area contributed by atoms with Crippen LogP contribution in [0.15, 0.2) is 47.2 Å². The first-order chi connectivity index (χ1) is 13.2. The molecular weight excluding hydrogens is 457 g/mol. The molecule has 1 aliphatic rings. The van der Waals surface area contributed by atoms with Crippen LogP contribution in [0, 0.1) is 3.57 Å². The molecule has 2 atom stereocenters. The van der Waals surface area contributed by atoms with E-state index in [-0.39, 0.29) is 12.4 Å². The molecule has 7 heteroatoms. The van der Waals surface area contributed by atoms with Crippen molar-refractivity contribution in [3.8, 4) is 11.3 Å². The van der Waals surface area contributed by atoms with Gasteiger partial charge in [-0.3, -0.25) is 0 Å². The maximum absolute atomic E-state index is 6.05. The Bertz CT molecular complexity index is 869. The molecule has 0 saturated carbocycles. The third-order valence-electron chi connectivity index (χ3n) is 4.63. The summed E-state index contributed by atoms with van der Waals surface area (Å²) in [4.78, 5) is 4.47. The normalized spacial score (nSPS) is 18.5. The van der Waals surface area contributed by atoms with Crippen LogP contribution in [-0.4, -0.2) is 27.6 Å². The molecule has 3 aromatic rings. The van der Waals surface area contributed by atoms with E-state index in [4.69, 9.17) is 14.0 Å². The van der Waals surface area contributed by atoms with Crippen LogP contribution in [0.3, 0.4) is 0 Å². The van der Waals surface area contributed by atoms with E-state index in [1.807, 2.05) is 35.9 Å². The van der Waals surface area contributed by atoms with E-state index in [0.717, 1.165) is 48.7 Å². The van der Waals surface area contributed by atoms with Gasteiger partial charge in [-0.1, -0.05) is 17.3 Å². The molecule has 1 fully saturated rings. The Morgan fingerprint density at radius 3 is 2.93 bits per heavy atom. The van der Waals surface area contributed by atoms with Crippen LogP contribution in [0.1, 0.15) is 43.9 Å². The van der Waals surface area contributed by atoms with Crippen LogP contribution in [0.4, 0.5) is 0 Å². The molecule has 6 nitrogen and oxygen atoms in total. The zero-order valence-corrected chi connectivity index (χ0v) is 17.3. The van der Waals surface area contributed by atoms with E-state index in [1.54, 1.807) is 6.20 Å². The molecule has 1 aliphatic heterocycles. The summed E-state index contributed by atoms with van der Waals surface area (Å²) in [6.45, 7) is 3.34. The van der Waals surface area contributed by atoms with Crippen molar-refractivity contribution >= 4 is 22.6 Å². The lowest BCUT2D eigenvalue weighted by Gasteiger charge is -2.26. The molecule has 0 spiro atoms. The lowest BCUT2D eigenvalue weighted by atomic mass is 10.1. The van der Waals surface area contributed by atoms with E-state index in [1.165, 1.54) is 3.57 Å². The maximum Gasteiger partial charge on any atom is 0.158 e. The zero-order valence-electron chi connectivity index (χ0n) is 15.2. The smallest absolute Gasteiger partial charge is 0.158 e. The molecule has 1 saturated heterocycles. The highest BCUT2D eigenvalue weighted by atomic mass is 127. The lowest BCUT2D eigenvalue weighted by molar-refractivity contribution is -0.188. The summed E-state index contributed by atoms with van der Waals surface area (Å²) < 4.78 is 20.5. The lowest BCUT2D eigenvalue weighted by Crippen LogP contribution is -2.24. The molecule has 4 rings (SSSR count). The molecule has 0 radical (unpaired) electrons. The average Bonchev–Trinajstić information content (AvgIpc) is 3.33. The van der Waals surface area contributed by atoms with Crippen molar-refractivity contribution in [1.82, 2.24) is 14.7 Å². The van der Waals surface area contributed by atoms with E-state index in [0.29, 0.717) is 6.54 Å². The number of rotatable bonds is 6.